The van der Waals surface area contributed by atoms with Gasteiger partial charge in [0.15, 0.2) is 4.77 Å². The van der Waals surface area contributed by atoms with Crippen LogP contribution in [0.15, 0.2) is 30.3 Å². The molecule has 7 nitrogen and oxygen atoms in total. The lowest BCUT2D eigenvalue weighted by atomic mass is 10.1. The molecule has 0 unspecified atom stereocenters. The second-order valence-electron chi connectivity index (χ2n) is 8.75. The Morgan fingerprint density at radius 2 is 1.72 bits per heavy atom. The molecule has 0 saturated carbocycles. The van der Waals surface area contributed by atoms with E-state index in [1.54, 1.807) is 0 Å². The van der Waals surface area contributed by atoms with Gasteiger partial charge in [-0.1, -0.05) is 30.3 Å². The molecule has 2 aromatic rings. The van der Waals surface area contributed by atoms with Gasteiger partial charge in [-0.15, -0.1) is 0 Å². The molecule has 1 amide bonds. The number of hydrogen-bond acceptors (Lipinski definition) is 5. The van der Waals surface area contributed by atoms with Gasteiger partial charge in [0, 0.05) is 45.2 Å². The molecule has 1 aliphatic heterocycles. The molecule has 1 aromatic carbocycles. The van der Waals surface area contributed by atoms with Gasteiger partial charge in [-0.2, -0.15) is 5.10 Å². The molecule has 1 fully saturated rings. The summed E-state index contributed by atoms with van der Waals surface area (Å²) in [6, 6.07) is 10.3. The Hall–Kier alpha value is -2.03. The van der Waals surface area contributed by atoms with Crippen molar-refractivity contribution < 1.29 is 4.79 Å². The Kier molecular flexibility index (Phi) is 6.87. The van der Waals surface area contributed by atoms with Crippen molar-refractivity contribution in [3.8, 4) is 0 Å². The largest absolute Gasteiger partial charge is 0.350 e. The highest BCUT2D eigenvalue weighted by atomic mass is 32.1. The third-order valence-corrected chi connectivity index (χ3v) is 5.50. The van der Waals surface area contributed by atoms with E-state index in [0.717, 1.165) is 43.2 Å². The number of carbonyl (C=O) groups excluding carboxylic acids is 1. The van der Waals surface area contributed by atoms with E-state index in [1.807, 2.05) is 55.3 Å². The summed E-state index contributed by atoms with van der Waals surface area (Å²) < 4.78 is 4.65. The van der Waals surface area contributed by atoms with Crippen LogP contribution in [0.2, 0.25) is 0 Å². The standard InChI is InChI=1S/C21H32N6OS/c1-21(2,3)22-19(28)15-25-10-12-26(13-11-25)16-27-20(29)24(4)18(23-27)14-17-8-6-5-7-9-17/h5-9H,10-16H2,1-4H3,(H,22,28). The van der Waals surface area contributed by atoms with Crippen molar-refractivity contribution in [2.75, 3.05) is 32.7 Å². The Morgan fingerprint density at radius 1 is 1.10 bits per heavy atom. The Morgan fingerprint density at radius 3 is 2.34 bits per heavy atom. The first-order valence-corrected chi connectivity index (χ1v) is 10.5. The quantitative estimate of drug-likeness (QED) is 0.731. The zero-order valence-electron chi connectivity index (χ0n) is 17.9. The van der Waals surface area contributed by atoms with Crippen LogP contribution in [-0.4, -0.2) is 68.3 Å². The van der Waals surface area contributed by atoms with Gasteiger partial charge in [0.2, 0.25) is 5.91 Å². The first kappa shape index (κ1) is 21.7. The molecule has 0 aliphatic carbocycles. The molecule has 158 valence electrons. The van der Waals surface area contributed by atoms with Crippen molar-refractivity contribution in [2.45, 2.75) is 39.4 Å². The molecule has 1 aromatic heterocycles. The van der Waals surface area contributed by atoms with Crippen LogP contribution in [-0.2, 0) is 24.9 Å². The van der Waals surface area contributed by atoms with E-state index in [1.165, 1.54) is 5.56 Å². The van der Waals surface area contributed by atoms with E-state index < -0.39 is 0 Å². The molecule has 1 saturated heterocycles. The summed E-state index contributed by atoms with van der Waals surface area (Å²) in [5.74, 6) is 1.06. The van der Waals surface area contributed by atoms with Crippen LogP contribution in [0.1, 0.15) is 32.2 Å². The van der Waals surface area contributed by atoms with Crippen LogP contribution in [0.3, 0.4) is 0 Å². The lowest BCUT2D eigenvalue weighted by molar-refractivity contribution is -0.124. The van der Waals surface area contributed by atoms with Crippen LogP contribution in [0.4, 0.5) is 0 Å². The summed E-state index contributed by atoms with van der Waals surface area (Å²) in [4.78, 5) is 16.7. The van der Waals surface area contributed by atoms with E-state index >= 15 is 0 Å². The SMILES string of the molecule is Cn1c(Cc2ccccc2)nn(CN2CCN(CC(=O)NC(C)(C)C)CC2)c1=S. The summed E-state index contributed by atoms with van der Waals surface area (Å²) in [7, 11) is 1.98. The Labute approximate surface area is 178 Å². The molecule has 1 N–H and O–H groups in total. The molecule has 0 spiro atoms. The number of benzene rings is 1. The molecule has 0 radical (unpaired) electrons. The second-order valence-corrected chi connectivity index (χ2v) is 9.12. The number of carbonyl (C=O) groups is 1. The first-order valence-electron chi connectivity index (χ1n) is 10.1. The van der Waals surface area contributed by atoms with Crippen LogP contribution in [0.25, 0.3) is 0 Å². The third-order valence-electron chi connectivity index (χ3n) is 5.02. The minimum absolute atomic E-state index is 0.0865. The lowest BCUT2D eigenvalue weighted by Crippen LogP contribution is -2.51. The Bertz CT molecular complexity index is 875. The molecule has 3 rings (SSSR count). The fourth-order valence-electron chi connectivity index (χ4n) is 3.50. The van der Waals surface area contributed by atoms with E-state index in [0.29, 0.717) is 13.2 Å². The van der Waals surface area contributed by atoms with Crippen LogP contribution < -0.4 is 5.32 Å². The Balaban J connectivity index is 1.53. The topological polar surface area (TPSA) is 58.3 Å². The molecule has 2 heterocycles. The van der Waals surface area contributed by atoms with Gasteiger partial charge in [-0.3, -0.25) is 14.6 Å². The summed E-state index contributed by atoms with van der Waals surface area (Å²) in [5.41, 5.74) is 1.04. The van der Waals surface area contributed by atoms with Gasteiger partial charge in [-0.25, -0.2) is 4.68 Å². The van der Waals surface area contributed by atoms with Gasteiger partial charge in [-0.05, 0) is 38.6 Å². The molecular weight excluding hydrogens is 384 g/mol. The summed E-state index contributed by atoms with van der Waals surface area (Å²) in [6.45, 7) is 10.7. The zero-order valence-corrected chi connectivity index (χ0v) is 18.7. The molecule has 0 bridgehead atoms. The number of piperazine rings is 1. The molecule has 0 atom stereocenters. The van der Waals surface area contributed by atoms with Crippen molar-refractivity contribution in [1.29, 1.82) is 0 Å². The number of nitrogens with zero attached hydrogens (tertiary/aromatic N) is 5. The third kappa shape index (κ3) is 6.22. The smallest absolute Gasteiger partial charge is 0.234 e. The maximum Gasteiger partial charge on any atom is 0.234 e. The molecular formula is C21H32N6OS. The molecule has 8 heteroatoms. The lowest BCUT2D eigenvalue weighted by Gasteiger charge is -2.34. The highest BCUT2D eigenvalue weighted by Gasteiger charge is 2.22. The highest BCUT2D eigenvalue weighted by Crippen LogP contribution is 2.10. The predicted molar refractivity (Wildman–Crippen MR) is 117 cm³/mol. The summed E-state index contributed by atoms with van der Waals surface area (Å²) >= 11 is 5.60. The van der Waals surface area contributed by atoms with Crippen LogP contribution in [0, 0.1) is 4.77 Å². The van der Waals surface area contributed by atoms with Crippen molar-refractivity contribution >= 4 is 18.1 Å². The van der Waals surface area contributed by atoms with Crippen molar-refractivity contribution in [3.05, 3.63) is 46.5 Å². The van der Waals surface area contributed by atoms with Crippen LogP contribution in [0.5, 0.6) is 0 Å². The normalized spacial score (nSPS) is 16.1. The minimum Gasteiger partial charge on any atom is -0.350 e. The number of aromatic nitrogens is 3. The maximum absolute atomic E-state index is 12.1. The van der Waals surface area contributed by atoms with E-state index in [9.17, 15) is 4.79 Å². The first-order chi connectivity index (χ1) is 13.7. The van der Waals surface area contributed by atoms with E-state index in [4.69, 9.17) is 17.3 Å². The molecule has 29 heavy (non-hydrogen) atoms. The average molecular weight is 417 g/mol. The number of nitrogens with one attached hydrogen (secondary N) is 1. The van der Waals surface area contributed by atoms with Gasteiger partial charge >= 0.3 is 0 Å². The van der Waals surface area contributed by atoms with Crippen LogP contribution >= 0.6 is 12.2 Å². The monoisotopic (exact) mass is 416 g/mol. The van der Waals surface area contributed by atoms with Crippen molar-refractivity contribution in [2.24, 2.45) is 7.05 Å². The van der Waals surface area contributed by atoms with Crippen molar-refractivity contribution in [1.82, 2.24) is 29.5 Å². The highest BCUT2D eigenvalue weighted by molar-refractivity contribution is 7.71. The van der Waals surface area contributed by atoms with Gasteiger partial charge in [0.1, 0.15) is 5.82 Å². The fraction of sp³-hybridized carbons (Fsp3) is 0.571. The van der Waals surface area contributed by atoms with E-state index in [2.05, 4.69) is 27.2 Å². The summed E-state index contributed by atoms with van der Waals surface area (Å²) in [6.07, 6.45) is 0.768. The predicted octanol–water partition coefficient (Wildman–Crippen LogP) is 2.03. The van der Waals surface area contributed by atoms with E-state index in [-0.39, 0.29) is 11.4 Å². The number of amides is 1. The number of rotatable bonds is 6. The number of hydrogen-bond donors (Lipinski definition) is 1. The van der Waals surface area contributed by atoms with Crippen molar-refractivity contribution in [3.63, 3.8) is 0 Å². The van der Waals surface area contributed by atoms with Gasteiger partial charge in [0.05, 0.1) is 13.2 Å². The molecule has 1 aliphatic rings. The van der Waals surface area contributed by atoms with Gasteiger partial charge in [0.25, 0.3) is 0 Å². The van der Waals surface area contributed by atoms with Gasteiger partial charge < -0.3 is 9.88 Å². The second kappa shape index (κ2) is 9.19. The average Bonchev–Trinajstić information content (AvgIpc) is 2.90. The zero-order chi connectivity index (χ0) is 21.0. The minimum atomic E-state index is -0.189. The summed E-state index contributed by atoms with van der Waals surface area (Å²) in [5, 5.41) is 7.79. The fourth-order valence-corrected chi connectivity index (χ4v) is 3.70. The maximum atomic E-state index is 12.1.